The summed E-state index contributed by atoms with van der Waals surface area (Å²) < 4.78 is 10.7. The van der Waals surface area contributed by atoms with Crippen molar-refractivity contribution in [2.75, 3.05) is 30.5 Å². The fourth-order valence-electron chi connectivity index (χ4n) is 2.38. The van der Waals surface area contributed by atoms with Gasteiger partial charge in [0.2, 0.25) is 0 Å². The van der Waals surface area contributed by atoms with Crippen molar-refractivity contribution in [2.45, 2.75) is 0 Å². The van der Waals surface area contributed by atoms with Crippen molar-refractivity contribution in [3.05, 3.63) is 52.5 Å². The predicted octanol–water partition coefficient (Wildman–Crippen LogP) is 3.67. The topological polar surface area (TPSA) is 67.9 Å². The van der Waals surface area contributed by atoms with Crippen LogP contribution in [0.4, 0.5) is 16.2 Å². The summed E-state index contributed by atoms with van der Waals surface area (Å²) in [6.45, 7) is 0.865. The lowest BCUT2D eigenvalue weighted by Gasteiger charge is -2.14. The van der Waals surface area contributed by atoms with E-state index >= 15 is 0 Å². The molecule has 0 spiro atoms. The second-order valence-electron chi connectivity index (χ2n) is 5.12. The fraction of sp³-hybridized carbons (Fsp3) is 0.176. The highest BCUT2D eigenvalue weighted by atomic mass is 79.9. The Labute approximate surface area is 147 Å². The molecule has 0 saturated carbocycles. The first-order valence-electron chi connectivity index (χ1n) is 7.28. The molecule has 1 fully saturated rings. The zero-order chi connectivity index (χ0) is 17.1. The van der Waals surface area contributed by atoms with Gasteiger partial charge in [-0.05, 0) is 52.3 Å². The molecular weight excluding hydrogens is 376 g/mol. The lowest BCUT2D eigenvalue weighted by atomic mass is 10.2. The molecule has 0 radical (unpaired) electrons. The number of ether oxygens (including phenoxy) is 2. The molecule has 2 aromatic carbocycles. The van der Waals surface area contributed by atoms with Gasteiger partial charge in [0.25, 0.3) is 5.91 Å². The van der Waals surface area contributed by atoms with Crippen LogP contribution in [0.15, 0.2) is 46.9 Å². The normalized spacial score (nSPS) is 13.6. The summed E-state index contributed by atoms with van der Waals surface area (Å²) in [5.41, 5.74) is 1.73. The Morgan fingerprint density at radius 2 is 2.12 bits per heavy atom. The maximum atomic E-state index is 12.5. The number of carbonyl (C=O) groups excluding carboxylic acids is 2. The Hall–Kier alpha value is -2.54. The van der Waals surface area contributed by atoms with Gasteiger partial charge in [0, 0.05) is 15.8 Å². The van der Waals surface area contributed by atoms with Crippen molar-refractivity contribution < 1.29 is 19.1 Å². The third kappa shape index (κ3) is 3.35. The van der Waals surface area contributed by atoms with Gasteiger partial charge in [0.1, 0.15) is 12.4 Å². The Morgan fingerprint density at radius 3 is 2.83 bits per heavy atom. The summed E-state index contributed by atoms with van der Waals surface area (Å²) in [5, 5.41) is 2.83. The maximum Gasteiger partial charge on any atom is 0.414 e. The SMILES string of the molecule is COc1ccc(Br)c(C(=O)Nc2cccc(N3CCOC3=O)c2)c1. The molecule has 7 heteroatoms. The summed E-state index contributed by atoms with van der Waals surface area (Å²) in [6.07, 6.45) is -0.381. The summed E-state index contributed by atoms with van der Waals surface area (Å²) in [6, 6.07) is 12.2. The van der Waals surface area contributed by atoms with E-state index in [-0.39, 0.29) is 12.0 Å². The number of anilines is 2. The van der Waals surface area contributed by atoms with Crippen molar-refractivity contribution >= 4 is 39.3 Å². The largest absolute Gasteiger partial charge is 0.497 e. The first-order chi connectivity index (χ1) is 11.6. The van der Waals surface area contributed by atoms with Crippen LogP contribution in [-0.2, 0) is 4.74 Å². The number of carbonyl (C=O) groups is 2. The van der Waals surface area contributed by atoms with Crippen LogP contribution in [0.1, 0.15) is 10.4 Å². The van der Waals surface area contributed by atoms with Gasteiger partial charge >= 0.3 is 6.09 Å². The molecule has 1 aliphatic rings. The zero-order valence-corrected chi connectivity index (χ0v) is 14.5. The molecule has 124 valence electrons. The van der Waals surface area contributed by atoms with Gasteiger partial charge in [-0.15, -0.1) is 0 Å². The van der Waals surface area contributed by atoms with Gasteiger partial charge in [0.05, 0.1) is 19.2 Å². The van der Waals surface area contributed by atoms with Crippen LogP contribution in [0.25, 0.3) is 0 Å². The Bertz CT molecular complexity index is 794. The third-order valence-corrected chi connectivity index (χ3v) is 4.29. The first-order valence-corrected chi connectivity index (χ1v) is 8.07. The highest BCUT2D eigenvalue weighted by Gasteiger charge is 2.23. The second kappa shape index (κ2) is 6.92. The average molecular weight is 391 g/mol. The minimum atomic E-state index is -0.381. The minimum absolute atomic E-state index is 0.276. The molecule has 0 aliphatic carbocycles. The molecule has 2 amide bonds. The second-order valence-corrected chi connectivity index (χ2v) is 5.97. The number of amides is 2. The van der Waals surface area contributed by atoms with E-state index in [2.05, 4.69) is 21.2 Å². The van der Waals surface area contributed by atoms with Crippen molar-refractivity contribution in [3.63, 3.8) is 0 Å². The summed E-state index contributed by atoms with van der Waals surface area (Å²) in [4.78, 5) is 25.7. The van der Waals surface area contributed by atoms with E-state index in [9.17, 15) is 9.59 Å². The number of benzene rings is 2. The van der Waals surface area contributed by atoms with E-state index in [4.69, 9.17) is 9.47 Å². The number of hydrogen-bond acceptors (Lipinski definition) is 4. The summed E-state index contributed by atoms with van der Waals surface area (Å²) in [7, 11) is 1.55. The van der Waals surface area contributed by atoms with E-state index in [0.29, 0.717) is 40.3 Å². The molecule has 6 nitrogen and oxygen atoms in total. The van der Waals surface area contributed by atoms with E-state index in [1.807, 2.05) is 0 Å². The monoisotopic (exact) mass is 390 g/mol. The van der Waals surface area contributed by atoms with Crippen LogP contribution in [-0.4, -0.2) is 32.3 Å². The fourth-order valence-corrected chi connectivity index (χ4v) is 2.81. The minimum Gasteiger partial charge on any atom is -0.497 e. The molecule has 1 saturated heterocycles. The number of halogens is 1. The van der Waals surface area contributed by atoms with Crippen LogP contribution in [0.3, 0.4) is 0 Å². The molecule has 2 aromatic rings. The molecule has 1 heterocycles. The van der Waals surface area contributed by atoms with Gasteiger partial charge in [-0.1, -0.05) is 6.07 Å². The van der Waals surface area contributed by atoms with Crippen molar-refractivity contribution in [3.8, 4) is 5.75 Å². The molecule has 3 rings (SSSR count). The number of methoxy groups -OCH3 is 1. The quantitative estimate of drug-likeness (QED) is 0.864. The standard InChI is InChI=1S/C17H15BrN2O4/c1-23-13-5-6-15(18)14(10-13)16(21)19-11-3-2-4-12(9-11)20-7-8-24-17(20)22/h2-6,9-10H,7-8H2,1H3,(H,19,21). The molecule has 1 aliphatic heterocycles. The lowest BCUT2D eigenvalue weighted by molar-refractivity contribution is 0.102. The van der Waals surface area contributed by atoms with E-state index in [0.717, 1.165) is 0 Å². The number of hydrogen-bond donors (Lipinski definition) is 1. The molecule has 24 heavy (non-hydrogen) atoms. The Balaban J connectivity index is 1.81. The predicted molar refractivity (Wildman–Crippen MR) is 93.8 cm³/mol. The highest BCUT2D eigenvalue weighted by Crippen LogP contribution is 2.25. The van der Waals surface area contributed by atoms with Crippen LogP contribution in [0.5, 0.6) is 5.75 Å². The van der Waals surface area contributed by atoms with Gasteiger partial charge in [-0.25, -0.2) is 4.79 Å². The van der Waals surface area contributed by atoms with E-state index in [1.54, 1.807) is 49.6 Å². The Kier molecular flexibility index (Phi) is 4.71. The van der Waals surface area contributed by atoms with Crippen molar-refractivity contribution in [2.24, 2.45) is 0 Å². The van der Waals surface area contributed by atoms with Crippen LogP contribution >= 0.6 is 15.9 Å². The number of rotatable bonds is 4. The van der Waals surface area contributed by atoms with Gasteiger partial charge in [-0.3, -0.25) is 9.69 Å². The lowest BCUT2D eigenvalue weighted by Crippen LogP contribution is -2.23. The highest BCUT2D eigenvalue weighted by molar-refractivity contribution is 9.10. The van der Waals surface area contributed by atoms with Crippen molar-refractivity contribution in [1.29, 1.82) is 0 Å². The van der Waals surface area contributed by atoms with Gasteiger partial charge in [-0.2, -0.15) is 0 Å². The van der Waals surface area contributed by atoms with E-state index < -0.39 is 0 Å². The summed E-state index contributed by atoms with van der Waals surface area (Å²) in [5.74, 6) is 0.318. The molecule has 0 bridgehead atoms. The molecule has 0 unspecified atom stereocenters. The molecule has 0 atom stereocenters. The Morgan fingerprint density at radius 1 is 1.29 bits per heavy atom. The van der Waals surface area contributed by atoms with E-state index in [1.165, 1.54) is 4.90 Å². The van der Waals surface area contributed by atoms with Gasteiger partial charge in [0.15, 0.2) is 0 Å². The molecular formula is C17H15BrN2O4. The van der Waals surface area contributed by atoms with Crippen molar-refractivity contribution in [1.82, 2.24) is 0 Å². The zero-order valence-electron chi connectivity index (χ0n) is 12.9. The summed E-state index contributed by atoms with van der Waals surface area (Å²) >= 11 is 3.36. The smallest absolute Gasteiger partial charge is 0.414 e. The van der Waals surface area contributed by atoms with Crippen LogP contribution in [0, 0.1) is 0 Å². The third-order valence-electron chi connectivity index (χ3n) is 3.59. The number of nitrogens with one attached hydrogen (secondary N) is 1. The molecule has 0 aromatic heterocycles. The maximum absolute atomic E-state index is 12.5. The van der Waals surface area contributed by atoms with Crippen LogP contribution in [0.2, 0.25) is 0 Å². The number of nitrogens with zero attached hydrogens (tertiary/aromatic N) is 1. The average Bonchev–Trinajstić information content (AvgIpc) is 3.01. The first kappa shape index (κ1) is 16.3. The number of cyclic esters (lactones) is 1. The van der Waals surface area contributed by atoms with Crippen LogP contribution < -0.4 is 15.0 Å². The molecule has 1 N–H and O–H groups in total. The van der Waals surface area contributed by atoms with Gasteiger partial charge < -0.3 is 14.8 Å².